The molecule has 5 nitrogen and oxygen atoms in total. The Balaban J connectivity index is 1.72. The van der Waals surface area contributed by atoms with Crippen LogP contribution in [0.2, 0.25) is 5.02 Å². The van der Waals surface area contributed by atoms with Crippen molar-refractivity contribution < 1.29 is 0 Å². The number of nitrogens with one attached hydrogen (secondary N) is 1. The van der Waals surface area contributed by atoms with Crippen LogP contribution in [0.1, 0.15) is 0 Å². The molecule has 2 aromatic heterocycles. The second kappa shape index (κ2) is 5.59. The fourth-order valence-electron chi connectivity index (χ4n) is 2.80. The fraction of sp³-hybridized carbons (Fsp3) is 0.250. The Hall–Kier alpha value is -2.11. The molecule has 0 radical (unpaired) electrons. The normalized spacial score (nSPS) is 15.4. The molecule has 0 aliphatic carbocycles. The minimum absolute atomic E-state index is 0.721. The summed E-state index contributed by atoms with van der Waals surface area (Å²) < 4.78 is 2.01. The summed E-state index contributed by atoms with van der Waals surface area (Å²) in [5.74, 6) is 0.832. The van der Waals surface area contributed by atoms with Crippen LogP contribution < -0.4 is 10.2 Å². The summed E-state index contributed by atoms with van der Waals surface area (Å²) >= 11 is 5.94. The summed E-state index contributed by atoms with van der Waals surface area (Å²) in [6.45, 7) is 4.09. The van der Waals surface area contributed by atoms with E-state index in [1.807, 2.05) is 34.9 Å². The number of hydrogen-bond donors (Lipinski definition) is 1. The molecule has 1 aliphatic rings. The molecule has 1 N–H and O–H groups in total. The van der Waals surface area contributed by atoms with Gasteiger partial charge in [-0.3, -0.25) is 4.40 Å². The Morgan fingerprint density at radius 3 is 2.55 bits per heavy atom. The van der Waals surface area contributed by atoms with Gasteiger partial charge in [0.15, 0.2) is 11.5 Å². The highest BCUT2D eigenvalue weighted by Crippen LogP contribution is 2.23. The van der Waals surface area contributed by atoms with E-state index in [-0.39, 0.29) is 0 Å². The van der Waals surface area contributed by atoms with Crippen LogP contribution in [0.3, 0.4) is 0 Å². The molecule has 6 heteroatoms. The van der Waals surface area contributed by atoms with Gasteiger partial charge in [-0.15, -0.1) is 10.2 Å². The van der Waals surface area contributed by atoms with Crippen LogP contribution in [-0.4, -0.2) is 40.8 Å². The van der Waals surface area contributed by atoms with Crippen molar-refractivity contribution in [2.24, 2.45) is 0 Å². The zero-order valence-corrected chi connectivity index (χ0v) is 12.8. The van der Waals surface area contributed by atoms with Crippen LogP contribution in [0, 0.1) is 0 Å². The van der Waals surface area contributed by atoms with Crippen LogP contribution in [0.15, 0.2) is 42.6 Å². The molecule has 1 fully saturated rings. The van der Waals surface area contributed by atoms with E-state index in [1.165, 1.54) is 5.69 Å². The molecule has 4 rings (SSSR count). The van der Waals surface area contributed by atoms with E-state index in [1.54, 1.807) is 0 Å². The lowest BCUT2D eigenvalue weighted by Gasteiger charge is -2.29. The minimum Gasteiger partial charge on any atom is -0.369 e. The molecule has 0 saturated carbocycles. The van der Waals surface area contributed by atoms with Gasteiger partial charge in [0.1, 0.15) is 0 Å². The molecular formula is C16H16ClN5. The maximum absolute atomic E-state index is 5.94. The first kappa shape index (κ1) is 13.5. The Morgan fingerprint density at radius 1 is 1.00 bits per heavy atom. The zero-order valence-electron chi connectivity index (χ0n) is 12.0. The number of fused-ring (bicyclic) bond motifs is 1. The van der Waals surface area contributed by atoms with Crippen molar-refractivity contribution in [3.63, 3.8) is 0 Å². The number of piperazine rings is 1. The van der Waals surface area contributed by atoms with Gasteiger partial charge >= 0.3 is 0 Å². The fourth-order valence-corrected chi connectivity index (χ4v) is 2.92. The van der Waals surface area contributed by atoms with Gasteiger partial charge < -0.3 is 10.2 Å². The second-order valence-electron chi connectivity index (χ2n) is 5.38. The van der Waals surface area contributed by atoms with Gasteiger partial charge in [0, 0.05) is 54.7 Å². The highest BCUT2D eigenvalue weighted by Gasteiger charge is 2.13. The zero-order chi connectivity index (χ0) is 14.9. The number of halogens is 1. The average molecular weight is 314 g/mol. The number of pyridine rings is 1. The van der Waals surface area contributed by atoms with Crippen LogP contribution in [0.25, 0.3) is 17.0 Å². The number of rotatable bonds is 2. The van der Waals surface area contributed by atoms with E-state index < -0.39 is 0 Å². The minimum atomic E-state index is 0.721. The van der Waals surface area contributed by atoms with E-state index in [0.29, 0.717) is 0 Å². The summed E-state index contributed by atoms with van der Waals surface area (Å²) in [6.07, 6.45) is 2.04. The molecule has 0 spiro atoms. The summed E-state index contributed by atoms with van der Waals surface area (Å²) in [5, 5.41) is 12.7. The van der Waals surface area contributed by atoms with Crippen LogP contribution in [-0.2, 0) is 0 Å². The SMILES string of the molecule is Clc1ccc(-c2nnc3cc(N4CCNCC4)ccn23)cc1. The summed E-state index contributed by atoms with van der Waals surface area (Å²) in [6, 6.07) is 11.9. The lowest BCUT2D eigenvalue weighted by atomic mass is 10.2. The Morgan fingerprint density at radius 2 is 1.77 bits per heavy atom. The van der Waals surface area contributed by atoms with Crippen molar-refractivity contribution in [3.05, 3.63) is 47.6 Å². The first-order valence-corrected chi connectivity index (χ1v) is 7.75. The number of nitrogens with zero attached hydrogens (tertiary/aromatic N) is 4. The molecule has 1 saturated heterocycles. The predicted octanol–water partition coefficient (Wildman–Crippen LogP) is 2.46. The number of benzene rings is 1. The molecule has 22 heavy (non-hydrogen) atoms. The van der Waals surface area contributed by atoms with Crippen LogP contribution in [0.4, 0.5) is 5.69 Å². The van der Waals surface area contributed by atoms with Gasteiger partial charge in [0.25, 0.3) is 0 Å². The standard InChI is InChI=1S/C16H16ClN5/c17-13-3-1-12(2-4-13)16-20-19-15-11-14(5-8-22(15)16)21-9-6-18-7-10-21/h1-5,8,11,18H,6-7,9-10H2. The lowest BCUT2D eigenvalue weighted by Crippen LogP contribution is -2.43. The number of anilines is 1. The maximum Gasteiger partial charge on any atom is 0.168 e. The molecule has 1 aromatic carbocycles. The first-order valence-electron chi connectivity index (χ1n) is 7.38. The highest BCUT2D eigenvalue weighted by atomic mass is 35.5. The van der Waals surface area contributed by atoms with Crippen molar-refractivity contribution >= 4 is 22.9 Å². The number of aromatic nitrogens is 3. The second-order valence-corrected chi connectivity index (χ2v) is 5.82. The van der Waals surface area contributed by atoms with E-state index in [2.05, 4.69) is 32.5 Å². The molecule has 3 aromatic rings. The average Bonchev–Trinajstić information content (AvgIpc) is 2.99. The van der Waals surface area contributed by atoms with Crippen molar-refractivity contribution in [1.82, 2.24) is 19.9 Å². The Bertz CT molecular complexity index is 790. The highest BCUT2D eigenvalue weighted by molar-refractivity contribution is 6.30. The third-order valence-corrected chi connectivity index (χ3v) is 4.23. The predicted molar refractivity (Wildman–Crippen MR) is 88.5 cm³/mol. The van der Waals surface area contributed by atoms with E-state index in [9.17, 15) is 0 Å². The maximum atomic E-state index is 5.94. The topological polar surface area (TPSA) is 45.5 Å². The van der Waals surface area contributed by atoms with E-state index in [0.717, 1.165) is 48.2 Å². The van der Waals surface area contributed by atoms with Crippen LogP contribution >= 0.6 is 11.6 Å². The summed E-state index contributed by atoms with van der Waals surface area (Å²) in [7, 11) is 0. The lowest BCUT2D eigenvalue weighted by molar-refractivity contribution is 0.589. The molecule has 1 aliphatic heterocycles. The monoisotopic (exact) mass is 313 g/mol. The molecule has 0 amide bonds. The van der Waals surface area contributed by atoms with Crippen LogP contribution in [0.5, 0.6) is 0 Å². The Labute approximate surface area is 133 Å². The van der Waals surface area contributed by atoms with E-state index >= 15 is 0 Å². The smallest absolute Gasteiger partial charge is 0.168 e. The number of hydrogen-bond acceptors (Lipinski definition) is 4. The molecular weight excluding hydrogens is 298 g/mol. The molecule has 112 valence electrons. The van der Waals surface area contributed by atoms with Crippen molar-refractivity contribution in [2.45, 2.75) is 0 Å². The van der Waals surface area contributed by atoms with E-state index in [4.69, 9.17) is 11.6 Å². The van der Waals surface area contributed by atoms with Crippen molar-refractivity contribution in [1.29, 1.82) is 0 Å². The van der Waals surface area contributed by atoms with Gasteiger partial charge in [-0.1, -0.05) is 11.6 Å². The molecule has 0 unspecified atom stereocenters. The quantitative estimate of drug-likeness (QED) is 0.789. The third kappa shape index (κ3) is 2.42. The molecule has 3 heterocycles. The van der Waals surface area contributed by atoms with Gasteiger partial charge in [-0.2, -0.15) is 0 Å². The molecule has 0 atom stereocenters. The third-order valence-electron chi connectivity index (χ3n) is 3.98. The largest absolute Gasteiger partial charge is 0.369 e. The van der Waals surface area contributed by atoms with Gasteiger partial charge in [-0.05, 0) is 30.3 Å². The van der Waals surface area contributed by atoms with Crippen molar-refractivity contribution in [2.75, 3.05) is 31.1 Å². The first-order chi connectivity index (χ1) is 10.8. The van der Waals surface area contributed by atoms with Gasteiger partial charge in [0.2, 0.25) is 0 Å². The summed E-state index contributed by atoms with van der Waals surface area (Å²) in [5.41, 5.74) is 3.07. The van der Waals surface area contributed by atoms with Crippen molar-refractivity contribution in [3.8, 4) is 11.4 Å². The Kier molecular flexibility index (Phi) is 3.44. The van der Waals surface area contributed by atoms with Gasteiger partial charge in [0.05, 0.1) is 0 Å². The summed E-state index contributed by atoms with van der Waals surface area (Å²) in [4.78, 5) is 2.37. The van der Waals surface area contributed by atoms with Gasteiger partial charge in [-0.25, -0.2) is 0 Å². The molecule has 0 bridgehead atoms.